The van der Waals surface area contributed by atoms with Crippen LogP contribution in [0.15, 0.2) is 29.3 Å². The van der Waals surface area contributed by atoms with Crippen LogP contribution < -0.4 is 10.1 Å². The largest absolute Gasteiger partial charge is 0.491 e. The Kier molecular flexibility index (Phi) is 8.32. The summed E-state index contributed by atoms with van der Waals surface area (Å²) >= 11 is 0. The Bertz CT molecular complexity index is 804. The molecule has 1 aliphatic carbocycles. The molecular weight excluding hydrogens is 405 g/mol. The van der Waals surface area contributed by atoms with Gasteiger partial charge in [-0.3, -0.25) is 14.7 Å². The first-order valence-electron chi connectivity index (χ1n) is 12.1. The fourth-order valence-electron chi connectivity index (χ4n) is 5.02. The van der Waals surface area contributed by atoms with Gasteiger partial charge in [0.2, 0.25) is 5.91 Å². The van der Waals surface area contributed by atoms with Crippen LogP contribution in [0, 0.1) is 5.41 Å². The number of carbonyl (C=O) groups excluding carboxylic acids is 1. The molecule has 1 aromatic carbocycles. The molecule has 2 aliphatic rings. The Balaban J connectivity index is 1.68. The van der Waals surface area contributed by atoms with Crippen molar-refractivity contribution >= 4 is 11.7 Å². The molecule has 1 saturated carbocycles. The number of benzene rings is 1. The van der Waals surface area contributed by atoms with Crippen molar-refractivity contribution in [1.29, 1.82) is 0 Å². The lowest BCUT2D eigenvalue weighted by molar-refractivity contribution is -0.117. The van der Waals surface area contributed by atoms with Crippen LogP contribution >= 0.6 is 0 Å². The van der Waals surface area contributed by atoms with Gasteiger partial charge in [-0.25, -0.2) is 4.39 Å². The molecule has 1 N–H and O–H groups in total. The molecule has 1 aliphatic heterocycles. The second-order valence-corrected chi connectivity index (χ2v) is 10.2. The minimum atomic E-state index is -0.700. The molecule has 0 unspecified atom stereocenters. The number of hydrogen-bond acceptors (Lipinski definition) is 4. The predicted molar refractivity (Wildman–Crippen MR) is 128 cm³/mol. The lowest BCUT2D eigenvalue weighted by Gasteiger charge is -2.44. The Morgan fingerprint density at radius 1 is 1.31 bits per heavy atom. The average molecular weight is 446 g/mol. The monoisotopic (exact) mass is 445 g/mol. The quantitative estimate of drug-likeness (QED) is 0.479. The highest BCUT2D eigenvalue weighted by Gasteiger charge is 2.39. The molecule has 178 valence electrons. The van der Waals surface area contributed by atoms with Gasteiger partial charge in [-0.1, -0.05) is 19.1 Å². The number of nitrogens with one attached hydrogen (secondary N) is 1. The van der Waals surface area contributed by atoms with E-state index >= 15 is 0 Å². The normalized spacial score (nSPS) is 29.7. The molecular formula is C26H40FN3O2. The summed E-state index contributed by atoms with van der Waals surface area (Å²) in [6, 6.07) is 8.80. The third kappa shape index (κ3) is 6.77. The van der Waals surface area contributed by atoms with Crippen LogP contribution in [0.4, 0.5) is 4.39 Å². The third-order valence-corrected chi connectivity index (χ3v) is 6.78. The SMILES string of the molecule is CC(=O)NC(=NC1CCC(F)CC1)[C@@]1(C)CCN(Cc2cccc(OC(C)C)c2)[C@@H](C)C1. The van der Waals surface area contributed by atoms with E-state index in [9.17, 15) is 9.18 Å². The Morgan fingerprint density at radius 3 is 2.66 bits per heavy atom. The summed E-state index contributed by atoms with van der Waals surface area (Å²) in [4.78, 5) is 19.4. The topological polar surface area (TPSA) is 53.9 Å². The molecule has 6 heteroatoms. The van der Waals surface area contributed by atoms with Crippen LogP contribution in [0.5, 0.6) is 5.75 Å². The van der Waals surface area contributed by atoms with Crippen molar-refractivity contribution in [1.82, 2.24) is 10.2 Å². The number of amidine groups is 1. The molecule has 32 heavy (non-hydrogen) atoms. The molecule has 0 bridgehead atoms. The zero-order valence-corrected chi connectivity index (χ0v) is 20.4. The second kappa shape index (κ2) is 10.8. The second-order valence-electron chi connectivity index (χ2n) is 10.2. The Morgan fingerprint density at radius 2 is 2.03 bits per heavy atom. The summed E-state index contributed by atoms with van der Waals surface area (Å²) in [6.45, 7) is 11.9. The van der Waals surface area contributed by atoms with Gasteiger partial charge in [0.1, 0.15) is 17.8 Å². The van der Waals surface area contributed by atoms with E-state index in [1.807, 2.05) is 19.9 Å². The van der Waals surface area contributed by atoms with Crippen LogP contribution in [0.2, 0.25) is 0 Å². The van der Waals surface area contributed by atoms with Crippen molar-refractivity contribution < 1.29 is 13.9 Å². The van der Waals surface area contributed by atoms with E-state index in [1.54, 1.807) is 6.92 Å². The van der Waals surface area contributed by atoms with Gasteiger partial charge in [-0.2, -0.15) is 0 Å². The van der Waals surface area contributed by atoms with E-state index in [1.165, 1.54) is 5.56 Å². The maximum Gasteiger partial charge on any atom is 0.222 e. The molecule has 1 aromatic rings. The summed E-state index contributed by atoms with van der Waals surface area (Å²) in [7, 11) is 0. The lowest BCUT2D eigenvalue weighted by atomic mass is 9.75. The maximum atomic E-state index is 13.6. The molecule has 1 saturated heterocycles. The Labute approximate surface area is 192 Å². The fourth-order valence-corrected chi connectivity index (χ4v) is 5.02. The van der Waals surface area contributed by atoms with Crippen LogP contribution in [0.3, 0.4) is 0 Å². The molecule has 0 spiro atoms. The molecule has 1 amide bonds. The molecule has 0 radical (unpaired) electrons. The first-order valence-corrected chi connectivity index (χ1v) is 12.1. The van der Waals surface area contributed by atoms with Gasteiger partial charge in [-0.05, 0) is 83.5 Å². The van der Waals surface area contributed by atoms with E-state index in [0.29, 0.717) is 18.9 Å². The number of hydrogen-bond donors (Lipinski definition) is 1. The first kappa shape index (κ1) is 24.7. The van der Waals surface area contributed by atoms with Gasteiger partial charge in [0, 0.05) is 24.9 Å². The van der Waals surface area contributed by atoms with Crippen LogP contribution in [0.1, 0.15) is 78.7 Å². The third-order valence-electron chi connectivity index (χ3n) is 6.78. The number of carbonyl (C=O) groups is 1. The summed E-state index contributed by atoms with van der Waals surface area (Å²) in [6.07, 6.45) is 3.97. The standard InChI is InChI=1S/C26H40FN3O2/c1-18(2)32-24-8-6-7-21(15-24)17-30-14-13-26(5,16-19(30)3)25(28-20(4)31)29-23-11-9-22(27)10-12-23/h6-8,15,18-19,22-23H,9-14,16-17H2,1-5H3,(H,28,29,31)/t19-,22?,23?,26-/m0/s1. The summed E-state index contributed by atoms with van der Waals surface area (Å²) in [5.74, 6) is 1.63. The molecule has 2 atom stereocenters. The van der Waals surface area contributed by atoms with Crippen LogP contribution in [0.25, 0.3) is 0 Å². The fraction of sp³-hybridized carbons (Fsp3) is 0.692. The van der Waals surface area contributed by atoms with Gasteiger partial charge in [0.15, 0.2) is 0 Å². The van der Waals surface area contributed by atoms with E-state index < -0.39 is 6.17 Å². The van der Waals surface area contributed by atoms with E-state index in [0.717, 1.165) is 50.4 Å². The van der Waals surface area contributed by atoms with E-state index in [4.69, 9.17) is 9.73 Å². The molecule has 0 aromatic heterocycles. The number of likely N-dealkylation sites (tertiary alicyclic amines) is 1. The lowest BCUT2D eigenvalue weighted by Crippen LogP contribution is -2.51. The van der Waals surface area contributed by atoms with Crippen LogP contribution in [-0.4, -0.2) is 47.5 Å². The highest BCUT2D eigenvalue weighted by molar-refractivity contribution is 6.00. The number of halogens is 1. The smallest absolute Gasteiger partial charge is 0.222 e. The minimum Gasteiger partial charge on any atom is -0.491 e. The van der Waals surface area contributed by atoms with Crippen molar-refractivity contribution in [2.75, 3.05) is 6.54 Å². The predicted octanol–water partition coefficient (Wildman–Crippen LogP) is 5.28. The van der Waals surface area contributed by atoms with E-state index in [-0.39, 0.29) is 23.5 Å². The molecule has 5 nitrogen and oxygen atoms in total. The van der Waals surface area contributed by atoms with Crippen molar-refractivity contribution in [3.05, 3.63) is 29.8 Å². The zero-order valence-electron chi connectivity index (χ0n) is 20.4. The van der Waals surface area contributed by atoms with Crippen molar-refractivity contribution in [3.8, 4) is 5.75 Å². The van der Waals surface area contributed by atoms with Gasteiger partial charge in [-0.15, -0.1) is 0 Å². The van der Waals surface area contributed by atoms with Crippen molar-refractivity contribution in [2.45, 2.75) is 104 Å². The Hall–Kier alpha value is -1.95. The highest BCUT2D eigenvalue weighted by Crippen LogP contribution is 2.37. The molecule has 1 heterocycles. The zero-order chi connectivity index (χ0) is 23.3. The van der Waals surface area contributed by atoms with Crippen molar-refractivity contribution in [2.24, 2.45) is 10.4 Å². The molecule has 2 fully saturated rings. The first-order chi connectivity index (χ1) is 15.1. The number of alkyl halides is 1. The van der Waals surface area contributed by atoms with E-state index in [2.05, 4.69) is 42.3 Å². The van der Waals surface area contributed by atoms with Gasteiger partial charge < -0.3 is 10.1 Å². The average Bonchev–Trinajstić information content (AvgIpc) is 2.71. The van der Waals surface area contributed by atoms with Gasteiger partial charge in [0.05, 0.1) is 12.1 Å². The summed E-state index contributed by atoms with van der Waals surface area (Å²) < 4.78 is 19.4. The summed E-state index contributed by atoms with van der Waals surface area (Å²) in [5, 5.41) is 3.04. The summed E-state index contributed by atoms with van der Waals surface area (Å²) in [5.41, 5.74) is 1.06. The number of aliphatic imine (C=N–C) groups is 1. The number of rotatable bonds is 6. The maximum absolute atomic E-state index is 13.6. The molecule has 3 rings (SSSR count). The van der Waals surface area contributed by atoms with Crippen molar-refractivity contribution in [3.63, 3.8) is 0 Å². The number of nitrogens with zero attached hydrogens (tertiary/aromatic N) is 2. The number of ether oxygens (including phenoxy) is 1. The number of amides is 1. The van der Waals surface area contributed by atoms with Gasteiger partial charge in [0.25, 0.3) is 0 Å². The van der Waals surface area contributed by atoms with Crippen LogP contribution in [-0.2, 0) is 11.3 Å². The number of piperidine rings is 1. The minimum absolute atomic E-state index is 0.0822. The highest BCUT2D eigenvalue weighted by atomic mass is 19.1. The van der Waals surface area contributed by atoms with Gasteiger partial charge >= 0.3 is 0 Å².